The molecule has 14 heteroatoms. The van der Waals surface area contributed by atoms with Crippen molar-refractivity contribution in [3.63, 3.8) is 0 Å². The van der Waals surface area contributed by atoms with Crippen LogP contribution in [0.15, 0.2) is 104 Å². The van der Waals surface area contributed by atoms with Crippen molar-refractivity contribution in [3.05, 3.63) is 120 Å². The van der Waals surface area contributed by atoms with Gasteiger partial charge in [0.25, 0.3) is 0 Å². The Kier molecular flexibility index (Phi) is 8.31. The number of carbonyl (C=O) groups is 1. The van der Waals surface area contributed by atoms with Crippen molar-refractivity contribution in [2.45, 2.75) is 37.1 Å². The summed E-state index contributed by atoms with van der Waals surface area (Å²) in [5, 5.41) is 0. The smallest absolute Gasteiger partial charge is 0.397 e. The molecule has 3 N–H and O–H groups in total. The highest BCUT2D eigenvalue weighted by Crippen LogP contribution is 2.43. The van der Waals surface area contributed by atoms with E-state index in [1.165, 1.54) is 24.1 Å². The molecule has 1 aliphatic rings. The summed E-state index contributed by atoms with van der Waals surface area (Å²) in [6.07, 6.45) is -2.79. The molecule has 5 aromatic rings. The Labute approximate surface area is 258 Å². The number of benzene rings is 3. The molecule has 1 aliphatic heterocycles. The second-order valence-corrected chi connectivity index (χ2v) is 11.3. The zero-order valence-corrected chi connectivity index (χ0v) is 24.7. The molecule has 0 saturated carbocycles. The SMILES string of the molecule is CC(=O)O[C@H]1[C@@H](OS(=O)(=O)O)[C@H](n2cnc3c(N)ncnc32)O[C@@H]1COC(c1ccccc1)(c1ccccc1)c1ccccc1. The number of hydrogen-bond donors (Lipinski definition) is 2. The monoisotopic (exact) mass is 631 g/mol. The van der Waals surface area contributed by atoms with Gasteiger partial charge in [-0.3, -0.25) is 13.9 Å². The molecule has 0 amide bonds. The van der Waals surface area contributed by atoms with Gasteiger partial charge in [0.2, 0.25) is 0 Å². The van der Waals surface area contributed by atoms with E-state index in [1.807, 2.05) is 91.0 Å². The second-order valence-electron chi connectivity index (χ2n) is 10.3. The Morgan fingerprint density at radius 2 is 1.47 bits per heavy atom. The van der Waals surface area contributed by atoms with Gasteiger partial charge < -0.3 is 19.9 Å². The zero-order chi connectivity index (χ0) is 31.6. The third-order valence-corrected chi connectivity index (χ3v) is 7.95. The highest BCUT2D eigenvalue weighted by Gasteiger charge is 2.52. The van der Waals surface area contributed by atoms with Crippen molar-refractivity contribution in [1.82, 2.24) is 19.5 Å². The first-order valence-corrected chi connectivity index (χ1v) is 15.3. The van der Waals surface area contributed by atoms with E-state index in [4.69, 9.17) is 24.1 Å². The fourth-order valence-electron chi connectivity index (χ4n) is 5.68. The average Bonchev–Trinajstić information content (AvgIpc) is 3.60. The summed E-state index contributed by atoms with van der Waals surface area (Å²) in [4.78, 5) is 24.7. The first-order valence-electron chi connectivity index (χ1n) is 13.9. The number of anilines is 1. The topological polar surface area (TPSA) is 178 Å². The molecular formula is C31H29N5O8S. The number of imidazole rings is 1. The third-order valence-electron chi connectivity index (χ3n) is 7.49. The van der Waals surface area contributed by atoms with Gasteiger partial charge in [0.05, 0.1) is 12.9 Å². The number of esters is 1. The molecule has 0 bridgehead atoms. The van der Waals surface area contributed by atoms with Gasteiger partial charge in [0, 0.05) is 6.92 Å². The largest absolute Gasteiger partial charge is 0.457 e. The molecule has 3 heterocycles. The van der Waals surface area contributed by atoms with E-state index in [0.717, 1.165) is 16.7 Å². The highest BCUT2D eigenvalue weighted by molar-refractivity contribution is 7.80. The molecule has 0 spiro atoms. The molecule has 4 atom stereocenters. The highest BCUT2D eigenvalue weighted by atomic mass is 32.3. The standard InChI is InChI=1S/C31H29N5O8S/c1-20(37)42-26-24(43-30(27(26)44-45(38,39)40)36-19-35-25-28(32)33-18-34-29(25)36)17-41-31(21-11-5-2-6-12-21,22-13-7-3-8-14-22)23-15-9-4-10-16-23/h2-16,18-19,24,26-27,30H,17H2,1H3,(H2,32,33,34)(H,38,39,40)/t24-,26-,27-,30-/m1/s1. The molecule has 1 fully saturated rings. The number of rotatable bonds is 10. The van der Waals surface area contributed by atoms with Gasteiger partial charge in [0.1, 0.15) is 23.5 Å². The van der Waals surface area contributed by atoms with Crippen LogP contribution in [0.2, 0.25) is 0 Å². The number of aromatic nitrogens is 4. The molecule has 232 valence electrons. The predicted molar refractivity (Wildman–Crippen MR) is 161 cm³/mol. The van der Waals surface area contributed by atoms with Crippen LogP contribution >= 0.6 is 0 Å². The van der Waals surface area contributed by atoms with Crippen LogP contribution in [0, 0.1) is 0 Å². The van der Waals surface area contributed by atoms with Crippen molar-refractivity contribution < 1.29 is 36.2 Å². The van der Waals surface area contributed by atoms with E-state index in [-0.39, 0.29) is 23.6 Å². The van der Waals surface area contributed by atoms with Crippen LogP contribution in [0.3, 0.4) is 0 Å². The van der Waals surface area contributed by atoms with Crippen LogP contribution < -0.4 is 5.73 Å². The summed E-state index contributed by atoms with van der Waals surface area (Å²) < 4.78 is 59.2. The number of nitrogen functional groups attached to an aromatic ring is 1. The summed E-state index contributed by atoms with van der Waals surface area (Å²) in [6.45, 7) is 0.945. The Hall–Kier alpha value is -4.73. The fourth-order valence-corrected chi connectivity index (χ4v) is 6.16. The lowest BCUT2D eigenvalue weighted by Gasteiger charge is -2.37. The van der Waals surface area contributed by atoms with E-state index in [0.29, 0.717) is 0 Å². The lowest BCUT2D eigenvalue weighted by atomic mass is 9.80. The van der Waals surface area contributed by atoms with Gasteiger partial charge in [0.15, 0.2) is 29.9 Å². The number of hydrogen-bond acceptors (Lipinski definition) is 11. The maximum absolute atomic E-state index is 12.3. The predicted octanol–water partition coefficient (Wildman–Crippen LogP) is 3.43. The molecule has 0 radical (unpaired) electrons. The Bertz CT molecular complexity index is 1790. The maximum Gasteiger partial charge on any atom is 0.397 e. The summed E-state index contributed by atoms with van der Waals surface area (Å²) in [5.41, 5.74) is 7.63. The summed E-state index contributed by atoms with van der Waals surface area (Å²) in [6, 6.07) is 28.7. The quantitative estimate of drug-likeness (QED) is 0.131. The number of nitrogens with two attached hydrogens (primary N) is 1. The number of carbonyl (C=O) groups excluding carboxylic acids is 1. The first-order chi connectivity index (χ1) is 21.7. The van der Waals surface area contributed by atoms with Gasteiger partial charge in [-0.25, -0.2) is 19.1 Å². The third kappa shape index (κ3) is 6.01. The number of fused-ring (bicyclic) bond motifs is 1. The van der Waals surface area contributed by atoms with Crippen molar-refractivity contribution in [2.24, 2.45) is 0 Å². The number of nitrogens with zero attached hydrogens (tertiary/aromatic N) is 4. The van der Waals surface area contributed by atoms with Gasteiger partial charge in [-0.15, -0.1) is 0 Å². The molecule has 6 rings (SSSR count). The van der Waals surface area contributed by atoms with Crippen LogP contribution in [-0.2, 0) is 39.2 Å². The minimum atomic E-state index is -5.06. The van der Waals surface area contributed by atoms with Crippen LogP contribution in [0.25, 0.3) is 11.2 Å². The van der Waals surface area contributed by atoms with Gasteiger partial charge in [-0.1, -0.05) is 91.0 Å². The molecule has 0 unspecified atom stereocenters. The summed E-state index contributed by atoms with van der Waals surface area (Å²) in [7, 11) is -5.06. The minimum absolute atomic E-state index is 0.0822. The lowest BCUT2D eigenvalue weighted by molar-refractivity contribution is -0.155. The molecule has 1 saturated heterocycles. The van der Waals surface area contributed by atoms with Gasteiger partial charge >= 0.3 is 16.4 Å². The van der Waals surface area contributed by atoms with Crippen molar-refractivity contribution in [2.75, 3.05) is 12.3 Å². The normalized spacial score (nSPS) is 20.3. The zero-order valence-electron chi connectivity index (χ0n) is 23.9. The van der Waals surface area contributed by atoms with Crippen LogP contribution in [0.4, 0.5) is 5.82 Å². The molecular weight excluding hydrogens is 602 g/mol. The van der Waals surface area contributed by atoms with E-state index in [9.17, 15) is 17.8 Å². The summed E-state index contributed by atoms with van der Waals surface area (Å²) >= 11 is 0. The lowest BCUT2D eigenvalue weighted by Crippen LogP contribution is -2.43. The molecule has 2 aromatic heterocycles. The molecule has 45 heavy (non-hydrogen) atoms. The maximum atomic E-state index is 12.3. The number of ether oxygens (including phenoxy) is 3. The second kappa shape index (κ2) is 12.3. The molecule has 0 aliphatic carbocycles. The van der Waals surface area contributed by atoms with Crippen LogP contribution in [-0.4, -0.2) is 63.4 Å². The Balaban J connectivity index is 1.45. The van der Waals surface area contributed by atoms with Crippen LogP contribution in [0.1, 0.15) is 29.8 Å². The fraction of sp³-hybridized carbons (Fsp3) is 0.226. The van der Waals surface area contributed by atoms with Crippen molar-refractivity contribution in [1.29, 1.82) is 0 Å². The Morgan fingerprint density at radius 3 is 1.98 bits per heavy atom. The Morgan fingerprint density at radius 1 is 0.911 bits per heavy atom. The van der Waals surface area contributed by atoms with Crippen molar-refractivity contribution in [3.8, 4) is 0 Å². The van der Waals surface area contributed by atoms with Gasteiger partial charge in [-0.2, -0.15) is 8.42 Å². The van der Waals surface area contributed by atoms with E-state index in [2.05, 4.69) is 15.0 Å². The first kappa shape index (κ1) is 30.3. The van der Waals surface area contributed by atoms with Crippen molar-refractivity contribution >= 4 is 33.4 Å². The van der Waals surface area contributed by atoms with Gasteiger partial charge in [-0.05, 0) is 16.7 Å². The summed E-state index contributed by atoms with van der Waals surface area (Å²) in [5.74, 6) is -0.653. The van der Waals surface area contributed by atoms with Crippen LogP contribution in [0.5, 0.6) is 0 Å². The molecule has 3 aromatic carbocycles. The minimum Gasteiger partial charge on any atom is -0.457 e. The average molecular weight is 632 g/mol. The molecule has 13 nitrogen and oxygen atoms in total. The van der Waals surface area contributed by atoms with E-state index in [1.54, 1.807) is 0 Å². The van der Waals surface area contributed by atoms with E-state index < -0.39 is 46.5 Å². The van der Waals surface area contributed by atoms with E-state index >= 15 is 0 Å².